The number of fused-ring (bicyclic) bond motifs is 1. The van der Waals surface area contributed by atoms with Crippen LogP contribution in [-0.2, 0) is 17.6 Å². The zero-order valence-electron chi connectivity index (χ0n) is 22.8. The minimum Gasteiger partial charge on any atom is -0.494 e. The number of carboxylic acid groups (broad SMARTS) is 1. The zero-order valence-corrected chi connectivity index (χ0v) is 22.8. The lowest BCUT2D eigenvalue weighted by molar-refractivity contribution is -0.137. The van der Waals surface area contributed by atoms with Crippen LogP contribution >= 0.6 is 0 Å². The highest BCUT2D eigenvalue weighted by Gasteiger charge is 2.17. The summed E-state index contributed by atoms with van der Waals surface area (Å²) in [6, 6.07) is 23.7. The number of carbonyl (C=O) groups excluding carboxylic acids is 1. The van der Waals surface area contributed by atoms with E-state index in [1.165, 1.54) is 11.1 Å². The number of aryl methyl sites for hydroxylation is 1. The van der Waals surface area contributed by atoms with Crippen LogP contribution in [0.2, 0.25) is 0 Å². The van der Waals surface area contributed by atoms with Gasteiger partial charge in [0.15, 0.2) is 5.78 Å². The molecule has 0 aliphatic carbocycles. The first-order valence-electron chi connectivity index (χ1n) is 13.7. The molecule has 5 nitrogen and oxygen atoms in total. The molecule has 0 amide bonds. The van der Waals surface area contributed by atoms with Crippen LogP contribution < -0.4 is 4.74 Å². The summed E-state index contributed by atoms with van der Waals surface area (Å²) in [6.07, 6.45) is 10.4. The van der Waals surface area contributed by atoms with E-state index in [-0.39, 0.29) is 12.2 Å². The summed E-state index contributed by atoms with van der Waals surface area (Å²) in [7, 11) is 0. The quantitative estimate of drug-likeness (QED) is 0.136. The molecular weight excluding hydrogens is 486 g/mol. The molecule has 0 atom stereocenters. The van der Waals surface area contributed by atoms with Gasteiger partial charge in [0.1, 0.15) is 5.75 Å². The predicted octanol–water partition coefficient (Wildman–Crippen LogP) is 7.65. The van der Waals surface area contributed by atoms with Crippen LogP contribution in [0.15, 0.2) is 85.1 Å². The maximum absolute atomic E-state index is 13.3. The molecule has 0 fully saturated rings. The van der Waals surface area contributed by atoms with Gasteiger partial charge in [-0.3, -0.25) is 9.59 Å². The van der Waals surface area contributed by atoms with Gasteiger partial charge in [0.2, 0.25) is 0 Å². The monoisotopic (exact) mass is 523 g/mol. The third-order valence-electron chi connectivity index (χ3n) is 6.66. The van der Waals surface area contributed by atoms with Crippen molar-refractivity contribution < 1.29 is 19.4 Å². The predicted molar refractivity (Wildman–Crippen MR) is 157 cm³/mol. The number of unbranched alkanes of at least 4 members (excludes halogenated alkanes) is 1. The fourth-order valence-corrected chi connectivity index (χ4v) is 4.72. The number of ether oxygens (including phenoxy) is 1. The molecule has 0 aliphatic rings. The molecule has 0 spiro atoms. The molecule has 39 heavy (non-hydrogen) atoms. The number of ketones is 1. The van der Waals surface area contributed by atoms with E-state index in [1.807, 2.05) is 47.0 Å². The van der Waals surface area contributed by atoms with E-state index >= 15 is 0 Å². The van der Waals surface area contributed by atoms with E-state index in [0.29, 0.717) is 36.5 Å². The number of hydrogen-bond acceptors (Lipinski definition) is 3. The summed E-state index contributed by atoms with van der Waals surface area (Å²) in [5.41, 5.74) is 5.57. The third-order valence-corrected chi connectivity index (χ3v) is 6.66. The molecule has 0 saturated carbocycles. The van der Waals surface area contributed by atoms with Crippen molar-refractivity contribution in [2.24, 2.45) is 5.92 Å². The molecule has 2 aromatic heterocycles. The Morgan fingerprint density at radius 1 is 0.974 bits per heavy atom. The maximum atomic E-state index is 13.3. The third kappa shape index (κ3) is 7.93. The van der Waals surface area contributed by atoms with Crippen molar-refractivity contribution in [3.8, 4) is 5.75 Å². The van der Waals surface area contributed by atoms with Gasteiger partial charge in [-0.15, -0.1) is 0 Å². The van der Waals surface area contributed by atoms with Crippen LogP contribution in [0, 0.1) is 5.92 Å². The Bertz CT molecular complexity index is 1410. The number of allylic oxidation sites excluding steroid dienone is 1. The normalized spacial score (nSPS) is 11.5. The fraction of sp³-hybridized carbons (Fsp3) is 0.294. The van der Waals surface area contributed by atoms with Gasteiger partial charge in [-0.05, 0) is 91.6 Å². The van der Waals surface area contributed by atoms with Crippen molar-refractivity contribution in [1.29, 1.82) is 0 Å². The van der Waals surface area contributed by atoms with Crippen LogP contribution in [0.3, 0.4) is 0 Å². The Morgan fingerprint density at radius 3 is 2.46 bits per heavy atom. The zero-order chi connectivity index (χ0) is 27.6. The summed E-state index contributed by atoms with van der Waals surface area (Å²) >= 11 is 0. The number of nitrogens with zero attached hydrogens (tertiary/aromatic N) is 1. The van der Waals surface area contributed by atoms with Crippen LogP contribution in [-0.4, -0.2) is 27.9 Å². The summed E-state index contributed by atoms with van der Waals surface area (Å²) in [5.74, 6) is 0.539. The van der Waals surface area contributed by atoms with Gasteiger partial charge in [-0.25, -0.2) is 0 Å². The topological polar surface area (TPSA) is 68.0 Å². The second-order valence-corrected chi connectivity index (χ2v) is 10.3. The van der Waals surface area contributed by atoms with E-state index < -0.39 is 5.97 Å². The molecule has 0 bridgehead atoms. The molecule has 0 saturated heterocycles. The second kappa shape index (κ2) is 13.6. The largest absolute Gasteiger partial charge is 0.494 e. The second-order valence-electron chi connectivity index (χ2n) is 10.3. The molecule has 0 unspecified atom stereocenters. The highest BCUT2D eigenvalue weighted by atomic mass is 16.5. The summed E-state index contributed by atoms with van der Waals surface area (Å²) in [6.45, 7) is 5.08. The first kappa shape index (κ1) is 27.9. The van der Waals surface area contributed by atoms with Crippen LogP contribution in [0.25, 0.3) is 11.6 Å². The van der Waals surface area contributed by atoms with Gasteiger partial charge in [-0.1, -0.05) is 56.3 Å². The lowest BCUT2D eigenvalue weighted by atomic mass is 10.0. The van der Waals surface area contributed by atoms with Gasteiger partial charge in [-0.2, -0.15) is 0 Å². The Labute approximate surface area is 230 Å². The highest BCUT2D eigenvalue weighted by Crippen LogP contribution is 2.23. The minimum atomic E-state index is -0.811. The van der Waals surface area contributed by atoms with Gasteiger partial charge in [0, 0.05) is 29.4 Å². The van der Waals surface area contributed by atoms with E-state index in [2.05, 4.69) is 50.3 Å². The number of carbonyl (C=O) groups is 2. The Kier molecular flexibility index (Phi) is 9.74. The number of carboxylic acids is 1. The number of rotatable bonds is 14. The minimum absolute atomic E-state index is 0.0582. The van der Waals surface area contributed by atoms with Gasteiger partial charge >= 0.3 is 5.97 Å². The highest BCUT2D eigenvalue weighted by molar-refractivity contribution is 6.13. The maximum Gasteiger partial charge on any atom is 0.303 e. The van der Waals surface area contributed by atoms with Gasteiger partial charge in [0.25, 0.3) is 0 Å². The van der Waals surface area contributed by atoms with Crippen LogP contribution in [0.4, 0.5) is 0 Å². The molecule has 0 radical (unpaired) electrons. The Balaban J connectivity index is 1.28. The molecule has 2 aromatic carbocycles. The number of aliphatic carboxylic acids is 1. The summed E-state index contributed by atoms with van der Waals surface area (Å²) in [5, 5.41) is 8.96. The number of hydrogen-bond donors (Lipinski definition) is 1. The number of benzene rings is 2. The first-order chi connectivity index (χ1) is 18.9. The molecule has 4 aromatic rings. The summed E-state index contributed by atoms with van der Waals surface area (Å²) < 4.78 is 7.87. The average molecular weight is 524 g/mol. The average Bonchev–Trinajstić information content (AvgIpc) is 3.29. The standard InChI is InChI=1S/C34H37NO4/c1-25(2)23-27-15-13-26(14-16-27)9-4-3-7-22-39-30-19-17-28(18-20-30)34(38)31-24-29(10-8-12-33(36)37)35-21-6-5-11-32(31)35/h4-6,9,11,13-21,24-25H,3,7-8,10,12,22-23H2,1-2H3,(H,36,37). The number of pyridine rings is 1. The van der Waals surface area contributed by atoms with Crippen LogP contribution in [0.5, 0.6) is 5.75 Å². The molecule has 202 valence electrons. The van der Waals surface area contributed by atoms with E-state index in [4.69, 9.17) is 9.84 Å². The lowest BCUT2D eigenvalue weighted by Gasteiger charge is -2.06. The smallest absolute Gasteiger partial charge is 0.303 e. The van der Waals surface area contributed by atoms with Crippen molar-refractivity contribution in [3.63, 3.8) is 0 Å². The van der Waals surface area contributed by atoms with Crippen molar-refractivity contribution in [2.75, 3.05) is 6.61 Å². The molecular formula is C34H37NO4. The molecule has 0 aliphatic heterocycles. The van der Waals surface area contributed by atoms with E-state index in [0.717, 1.165) is 36.2 Å². The molecule has 1 N–H and O–H groups in total. The van der Waals surface area contributed by atoms with E-state index in [9.17, 15) is 9.59 Å². The lowest BCUT2D eigenvalue weighted by Crippen LogP contribution is -2.02. The van der Waals surface area contributed by atoms with Crippen molar-refractivity contribution in [2.45, 2.75) is 52.4 Å². The van der Waals surface area contributed by atoms with Gasteiger partial charge < -0.3 is 14.2 Å². The van der Waals surface area contributed by atoms with Crippen molar-refractivity contribution in [1.82, 2.24) is 4.40 Å². The molecule has 5 heteroatoms. The van der Waals surface area contributed by atoms with Crippen molar-refractivity contribution >= 4 is 23.3 Å². The summed E-state index contributed by atoms with van der Waals surface area (Å²) in [4.78, 5) is 24.2. The first-order valence-corrected chi connectivity index (χ1v) is 13.7. The SMILES string of the molecule is CC(C)Cc1ccc(C=CCCCOc2ccc(C(=O)c3cc(CCCC(=O)O)n4ccccc34)cc2)cc1. The Hall–Kier alpha value is -4.12. The molecule has 4 rings (SSSR count). The van der Waals surface area contributed by atoms with Gasteiger partial charge in [0.05, 0.1) is 12.1 Å². The molecule has 2 heterocycles. The van der Waals surface area contributed by atoms with E-state index in [1.54, 1.807) is 12.1 Å². The Morgan fingerprint density at radius 2 is 1.74 bits per heavy atom. The van der Waals surface area contributed by atoms with Crippen molar-refractivity contribution in [3.05, 3.63) is 113 Å². The number of aromatic nitrogens is 1. The fourth-order valence-electron chi connectivity index (χ4n) is 4.72. The van der Waals surface area contributed by atoms with Crippen LogP contribution in [0.1, 0.15) is 72.3 Å².